The number of hydrogen-bond acceptors (Lipinski definition) is 5. The molecule has 136 valence electrons. The van der Waals surface area contributed by atoms with Crippen LogP contribution in [-0.2, 0) is 9.53 Å². The minimum absolute atomic E-state index is 0.412. The van der Waals surface area contributed by atoms with Gasteiger partial charge in [-0.2, -0.15) is 0 Å². The molecule has 0 unspecified atom stereocenters. The molecule has 8 heteroatoms. The summed E-state index contributed by atoms with van der Waals surface area (Å²) in [4.78, 5) is 12.3. The molecule has 0 radical (unpaired) electrons. The first-order valence-corrected chi connectivity index (χ1v) is 9.28. The van der Waals surface area contributed by atoms with Crippen LogP contribution in [0.4, 0.5) is 0 Å². The van der Waals surface area contributed by atoms with Crippen LogP contribution in [0.1, 0.15) is 31.9 Å². The molecule has 2 N–H and O–H groups in total. The van der Waals surface area contributed by atoms with Crippen molar-refractivity contribution in [3.05, 3.63) is 32.5 Å². The zero-order valence-electron chi connectivity index (χ0n) is 14.6. The van der Waals surface area contributed by atoms with Crippen molar-refractivity contribution < 1.29 is 19.0 Å². The SMILES string of the molecule is CCCOc1c(I)cc([C@H]2NC(=S)NC(C)=C2C(=O)OC)cc1OC. The molecule has 1 aromatic rings. The lowest BCUT2D eigenvalue weighted by Gasteiger charge is -2.30. The molecule has 2 rings (SSSR count). The van der Waals surface area contributed by atoms with Gasteiger partial charge in [0, 0.05) is 5.70 Å². The third-order valence-electron chi connectivity index (χ3n) is 3.71. The number of hydrogen-bond donors (Lipinski definition) is 2. The van der Waals surface area contributed by atoms with Crippen LogP contribution in [0.25, 0.3) is 0 Å². The third-order valence-corrected chi connectivity index (χ3v) is 4.73. The maximum absolute atomic E-state index is 12.3. The molecule has 0 amide bonds. The van der Waals surface area contributed by atoms with E-state index in [1.165, 1.54) is 7.11 Å². The summed E-state index contributed by atoms with van der Waals surface area (Å²) in [7, 11) is 2.95. The molecule has 1 aliphatic rings. The smallest absolute Gasteiger partial charge is 0.337 e. The van der Waals surface area contributed by atoms with Gasteiger partial charge in [-0.1, -0.05) is 6.92 Å². The quantitative estimate of drug-likeness (QED) is 0.372. The second-order valence-electron chi connectivity index (χ2n) is 5.44. The fourth-order valence-corrected chi connectivity index (χ4v) is 3.63. The first-order chi connectivity index (χ1) is 11.9. The molecule has 0 aliphatic carbocycles. The molecular formula is C17H21IN2O4S. The monoisotopic (exact) mass is 476 g/mol. The summed E-state index contributed by atoms with van der Waals surface area (Å²) in [5.74, 6) is 0.902. The van der Waals surface area contributed by atoms with Crippen molar-refractivity contribution in [1.29, 1.82) is 0 Å². The van der Waals surface area contributed by atoms with Gasteiger partial charge in [-0.3, -0.25) is 0 Å². The number of nitrogens with one attached hydrogen (secondary N) is 2. The van der Waals surface area contributed by atoms with Gasteiger partial charge < -0.3 is 24.8 Å². The second kappa shape index (κ2) is 8.70. The first-order valence-electron chi connectivity index (χ1n) is 7.79. The minimum Gasteiger partial charge on any atom is -0.493 e. The minimum atomic E-state index is -0.427. The summed E-state index contributed by atoms with van der Waals surface area (Å²) in [6.07, 6.45) is 0.902. The Morgan fingerprint density at radius 1 is 1.36 bits per heavy atom. The highest BCUT2D eigenvalue weighted by molar-refractivity contribution is 14.1. The van der Waals surface area contributed by atoms with Crippen LogP contribution in [0.2, 0.25) is 0 Å². The van der Waals surface area contributed by atoms with E-state index in [0.29, 0.717) is 34.5 Å². The van der Waals surface area contributed by atoms with Crippen molar-refractivity contribution >= 4 is 45.9 Å². The lowest BCUT2D eigenvalue weighted by atomic mass is 9.95. The number of esters is 1. The molecule has 0 saturated carbocycles. The van der Waals surface area contributed by atoms with Gasteiger partial charge in [-0.15, -0.1) is 0 Å². The van der Waals surface area contributed by atoms with E-state index in [1.807, 2.05) is 19.1 Å². The Morgan fingerprint density at radius 2 is 2.08 bits per heavy atom. The molecule has 0 spiro atoms. The van der Waals surface area contributed by atoms with Crippen molar-refractivity contribution in [2.75, 3.05) is 20.8 Å². The zero-order chi connectivity index (χ0) is 18.6. The van der Waals surface area contributed by atoms with E-state index in [1.54, 1.807) is 14.0 Å². The molecule has 1 aliphatic heterocycles. The molecular weight excluding hydrogens is 455 g/mol. The van der Waals surface area contributed by atoms with Gasteiger partial charge in [0.2, 0.25) is 0 Å². The summed E-state index contributed by atoms with van der Waals surface area (Å²) in [5.41, 5.74) is 1.99. The molecule has 0 fully saturated rings. The van der Waals surface area contributed by atoms with Gasteiger partial charge in [0.05, 0.1) is 36.0 Å². The van der Waals surface area contributed by atoms with Gasteiger partial charge in [-0.25, -0.2) is 4.79 Å². The molecule has 1 heterocycles. The Kier molecular flexibility index (Phi) is 6.88. The van der Waals surface area contributed by atoms with Crippen molar-refractivity contribution in [3.63, 3.8) is 0 Å². The fraction of sp³-hybridized carbons (Fsp3) is 0.412. The van der Waals surface area contributed by atoms with Crippen molar-refractivity contribution in [2.24, 2.45) is 0 Å². The fourth-order valence-electron chi connectivity index (χ4n) is 2.58. The van der Waals surface area contributed by atoms with Crippen LogP contribution in [-0.4, -0.2) is 31.9 Å². The number of carbonyl (C=O) groups excluding carboxylic acids is 1. The van der Waals surface area contributed by atoms with Crippen LogP contribution >= 0.6 is 34.8 Å². The summed E-state index contributed by atoms with van der Waals surface area (Å²) in [6.45, 7) is 4.45. The first kappa shape index (κ1) is 19.8. The predicted octanol–water partition coefficient (Wildman–Crippen LogP) is 3.05. The number of thiocarbonyl (C=S) groups is 1. The highest BCUT2D eigenvalue weighted by Gasteiger charge is 2.31. The van der Waals surface area contributed by atoms with E-state index >= 15 is 0 Å². The van der Waals surface area contributed by atoms with Crippen LogP contribution in [0.3, 0.4) is 0 Å². The third kappa shape index (κ3) is 4.35. The van der Waals surface area contributed by atoms with Crippen LogP contribution in [0.15, 0.2) is 23.4 Å². The Hall–Kier alpha value is -1.55. The van der Waals surface area contributed by atoms with E-state index in [4.69, 9.17) is 26.4 Å². The average molecular weight is 476 g/mol. The maximum Gasteiger partial charge on any atom is 0.337 e. The summed E-state index contributed by atoms with van der Waals surface area (Å²) in [5, 5.41) is 6.55. The van der Waals surface area contributed by atoms with Gasteiger partial charge in [0.25, 0.3) is 0 Å². The van der Waals surface area contributed by atoms with Crippen LogP contribution in [0, 0.1) is 3.57 Å². The number of allylic oxidation sites excluding steroid dienone is 1. The predicted molar refractivity (Wildman–Crippen MR) is 108 cm³/mol. The van der Waals surface area contributed by atoms with E-state index in [2.05, 4.69) is 33.2 Å². The normalized spacial score (nSPS) is 16.8. The van der Waals surface area contributed by atoms with E-state index < -0.39 is 12.0 Å². The topological polar surface area (TPSA) is 68.8 Å². The van der Waals surface area contributed by atoms with Crippen LogP contribution in [0.5, 0.6) is 11.5 Å². The molecule has 1 atom stereocenters. The van der Waals surface area contributed by atoms with Crippen LogP contribution < -0.4 is 20.1 Å². The Labute approximate surface area is 166 Å². The van der Waals surface area contributed by atoms with E-state index in [9.17, 15) is 4.79 Å². The Balaban J connectivity index is 2.51. The zero-order valence-corrected chi connectivity index (χ0v) is 17.5. The van der Waals surface area contributed by atoms with Gasteiger partial charge in [-0.05, 0) is 65.8 Å². The van der Waals surface area contributed by atoms with Gasteiger partial charge in [0.15, 0.2) is 16.6 Å². The van der Waals surface area contributed by atoms with Gasteiger partial charge >= 0.3 is 5.97 Å². The molecule has 0 bridgehead atoms. The Morgan fingerprint density at radius 3 is 2.68 bits per heavy atom. The summed E-state index contributed by atoms with van der Waals surface area (Å²) in [6, 6.07) is 3.38. The number of ether oxygens (including phenoxy) is 3. The van der Waals surface area contributed by atoms with Gasteiger partial charge in [0.1, 0.15) is 0 Å². The molecule has 25 heavy (non-hydrogen) atoms. The van der Waals surface area contributed by atoms with E-state index in [-0.39, 0.29) is 0 Å². The largest absolute Gasteiger partial charge is 0.493 e. The van der Waals surface area contributed by atoms with Crippen molar-refractivity contribution in [1.82, 2.24) is 10.6 Å². The number of methoxy groups -OCH3 is 2. The number of rotatable bonds is 6. The summed E-state index contributed by atoms with van der Waals surface area (Å²) >= 11 is 7.45. The second-order valence-corrected chi connectivity index (χ2v) is 7.01. The lowest BCUT2D eigenvalue weighted by Crippen LogP contribution is -2.45. The number of carbonyl (C=O) groups is 1. The maximum atomic E-state index is 12.3. The molecule has 0 saturated heterocycles. The standard InChI is InChI=1S/C17H21IN2O4S/c1-5-6-24-15-11(18)7-10(8-12(15)22-3)14-13(16(21)23-4)9(2)19-17(25)20-14/h7-8,14H,5-6H2,1-4H3,(H2,19,20,25)/t14-/m1/s1. The van der Waals surface area contributed by atoms with E-state index in [0.717, 1.165) is 15.6 Å². The average Bonchev–Trinajstić information content (AvgIpc) is 2.58. The molecule has 1 aromatic carbocycles. The molecule has 6 nitrogen and oxygen atoms in total. The van der Waals surface area contributed by atoms with Crippen molar-refractivity contribution in [2.45, 2.75) is 26.3 Å². The highest BCUT2D eigenvalue weighted by Crippen LogP contribution is 2.38. The number of halogens is 1. The lowest BCUT2D eigenvalue weighted by molar-refractivity contribution is -0.136. The summed E-state index contributed by atoms with van der Waals surface area (Å²) < 4.78 is 17.1. The number of benzene rings is 1. The Bertz CT molecular complexity index is 721. The van der Waals surface area contributed by atoms with Crippen molar-refractivity contribution in [3.8, 4) is 11.5 Å². The molecule has 0 aromatic heterocycles. The highest BCUT2D eigenvalue weighted by atomic mass is 127.